The standard InChI is InChI=1S/C29H23F4NO/c1-2-3-19-4-13-27(34-18-19)23-11-9-21(10-12-23)20-5-7-22(8-6-20)24-16-25(30)29(26(31)17-24)35-15-14-28(32)33/h4-18,28H,2-3H2,1H3/b15-14+. The van der Waals surface area contributed by atoms with Crippen molar-refractivity contribution in [1.82, 2.24) is 4.98 Å². The molecule has 0 unspecified atom stereocenters. The van der Waals surface area contributed by atoms with Crippen molar-refractivity contribution in [3.05, 3.63) is 109 Å². The average molecular weight is 478 g/mol. The Bertz CT molecular complexity index is 1280. The SMILES string of the molecule is CCCc1ccc(-c2ccc(-c3ccc(-c4cc(F)c(O/C=C/C(F)F)c(F)c4)cc3)cc2)nc1. The molecule has 0 fully saturated rings. The van der Waals surface area contributed by atoms with Crippen LogP contribution in [0.3, 0.4) is 0 Å². The van der Waals surface area contributed by atoms with E-state index in [4.69, 9.17) is 0 Å². The highest BCUT2D eigenvalue weighted by molar-refractivity contribution is 5.73. The number of nitrogens with zero attached hydrogens (tertiary/aromatic N) is 1. The molecule has 35 heavy (non-hydrogen) atoms. The Kier molecular flexibility index (Phi) is 7.60. The minimum atomic E-state index is -2.77. The number of hydrogen-bond donors (Lipinski definition) is 0. The summed E-state index contributed by atoms with van der Waals surface area (Å²) >= 11 is 0. The number of ether oxygens (including phenoxy) is 1. The van der Waals surface area contributed by atoms with Crippen molar-refractivity contribution in [3.8, 4) is 39.3 Å². The van der Waals surface area contributed by atoms with Gasteiger partial charge in [-0.15, -0.1) is 0 Å². The highest BCUT2D eigenvalue weighted by Crippen LogP contribution is 2.31. The van der Waals surface area contributed by atoms with E-state index in [1.165, 1.54) is 5.56 Å². The van der Waals surface area contributed by atoms with Crippen molar-refractivity contribution in [1.29, 1.82) is 0 Å². The molecule has 0 amide bonds. The third-order valence-electron chi connectivity index (χ3n) is 5.50. The molecule has 1 aromatic heterocycles. The van der Waals surface area contributed by atoms with Gasteiger partial charge in [0.25, 0.3) is 6.43 Å². The van der Waals surface area contributed by atoms with Gasteiger partial charge in [0.1, 0.15) is 0 Å². The molecule has 0 spiro atoms. The molecule has 0 saturated heterocycles. The van der Waals surface area contributed by atoms with Crippen LogP contribution < -0.4 is 4.74 Å². The first-order chi connectivity index (χ1) is 16.9. The lowest BCUT2D eigenvalue weighted by Gasteiger charge is -2.09. The molecule has 0 aliphatic carbocycles. The Hall–Kier alpha value is -3.93. The van der Waals surface area contributed by atoms with Gasteiger partial charge < -0.3 is 4.74 Å². The van der Waals surface area contributed by atoms with Crippen molar-refractivity contribution in [2.75, 3.05) is 0 Å². The third-order valence-corrected chi connectivity index (χ3v) is 5.50. The van der Waals surface area contributed by atoms with Crippen LogP contribution in [0.25, 0.3) is 33.5 Å². The van der Waals surface area contributed by atoms with Crippen LogP contribution in [0.1, 0.15) is 18.9 Å². The fourth-order valence-electron chi connectivity index (χ4n) is 3.73. The second-order valence-corrected chi connectivity index (χ2v) is 8.01. The zero-order chi connectivity index (χ0) is 24.8. The smallest absolute Gasteiger partial charge is 0.260 e. The molecule has 0 atom stereocenters. The predicted octanol–water partition coefficient (Wildman–Crippen LogP) is 8.47. The van der Waals surface area contributed by atoms with Crippen molar-refractivity contribution < 1.29 is 22.3 Å². The number of aromatic nitrogens is 1. The number of hydrogen-bond acceptors (Lipinski definition) is 2. The fraction of sp³-hybridized carbons (Fsp3) is 0.138. The van der Waals surface area contributed by atoms with E-state index < -0.39 is 23.8 Å². The lowest BCUT2D eigenvalue weighted by molar-refractivity contribution is 0.200. The van der Waals surface area contributed by atoms with Crippen LogP contribution in [0.5, 0.6) is 5.75 Å². The summed E-state index contributed by atoms with van der Waals surface area (Å²) in [7, 11) is 0. The van der Waals surface area contributed by atoms with Gasteiger partial charge >= 0.3 is 0 Å². The highest BCUT2D eigenvalue weighted by atomic mass is 19.3. The lowest BCUT2D eigenvalue weighted by Crippen LogP contribution is -1.94. The number of allylic oxidation sites excluding steroid dienone is 1. The minimum absolute atomic E-state index is 0.310. The summed E-state index contributed by atoms with van der Waals surface area (Å²) in [4.78, 5) is 4.55. The molecular weight excluding hydrogens is 454 g/mol. The summed E-state index contributed by atoms with van der Waals surface area (Å²) in [6.07, 6.45) is 2.21. The molecular formula is C29H23F4NO. The first-order valence-electron chi connectivity index (χ1n) is 11.2. The monoisotopic (exact) mass is 477 g/mol. The molecule has 0 N–H and O–H groups in total. The maximum atomic E-state index is 14.3. The molecule has 6 heteroatoms. The maximum absolute atomic E-state index is 14.3. The van der Waals surface area contributed by atoms with Gasteiger partial charge in [-0.25, -0.2) is 17.6 Å². The molecule has 0 aliphatic rings. The van der Waals surface area contributed by atoms with E-state index in [1.807, 2.05) is 48.7 Å². The van der Waals surface area contributed by atoms with Crippen LogP contribution in [-0.2, 0) is 6.42 Å². The number of benzene rings is 3. The maximum Gasteiger partial charge on any atom is 0.260 e. The summed E-state index contributed by atoms with van der Waals surface area (Å²) in [5.74, 6) is -2.68. The van der Waals surface area contributed by atoms with Gasteiger partial charge in [0.05, 0.1) is 12.0 Å². The molecule has 178 valence electrons. The van der Waals surface area contributed by atoms with Crippen LogP contribution >= 0.6 is 0 Å². The van der Waals surface area contributed by atoms with Crippen molar-refractivity contribution in [2.24, 2.45) is 0 Å². The van der Waals surface area contributed by atoms with Gasteiger partial charge in [-0.3, -0.25) is 4.98 Å². The zero-order valence-electron chi connectivity index (χ0n) is 19.0. The molecule has 0 aliphatic heterocycles. The predicted molar refractivity (Wildman–Crippen MR) is 130 cm³/mol. The van der Waals surface area contributed by atoms with Crippen molar-refractivity contribution >= 4 is 0 Å². The van der Waals surface area contributed by atoms with E-state index in [-0.39, 0.29) is 0 Å². The van der Waals surface area contributed by atoms with Crippen LogP contribution in [0.4, 0.5) is 17.6 Å². The summed E-state index contributed by atoms with van der Waals surface area (Å²) in [6, 6.07) is 21.6. The van der Waals surface area contributed by atoms with E-state index in [0.29, 0.717) is 23.5 Å². The van der Waals surface area contributed by atoms with E-state index in [9.17, 15) is 17.6 Å². The van der Waals surface area contributed by atoms with E-state index in [0.717, 1.165) is 47.4 Å². The Labute approximate surface area is 201 Å². The molecule has 1 heterocycles. The van der Waals surface area contributed by atoms with Gasteiger partial charge in [-0.2, -0.15) is 0 Å². The summed E-state index contributed by atoms with van der Waals surface area (Å²) in [6.45, 7) is 2.14. The third kappa shape index (κ3) is 5.96. The fourth-order valence-corrected chi connectivity index (χ4v) is 3.73. The second kappa shape index (κ2) is 11.0. The molecule has 3 aromatic carbocycles. The van der Waals surface area contributed by atoms with Crippen LogP contribution in [0.2, 0.25) is 0 Å². The Morgan fingerprint density at radius 3 is 1.80 bits per heavy atom. The van der Waals surface area contributed by atoms with Crippen LogP contribution in [-0.4, -0.2) is 11.4 Å². The highest BCUT2D eigenvalue weighted by Gasteiger charge is 2.14. The van der Waals surface area contributed by atoms with Crippen molar-refractivity contribution in [3.63, 3.8) is 0 Å². The Morgan fingerprint density at radius 2 is 1.31 bits per heavy atom. The number of aryl methyl sites for hydroxylation is 1. The second-order valence-electron chi connectivity index (χ2n) is 8.01. The first-order valence-corrected chi connectivity index (χ1v) is 11.2. The number of rotatable bonds is 8. The zero-order valence-corrected chi connectivity index (χ0v) is 19.0. The summed E-state index contributed by atoms with van der Waals surface area (Å²) in [5, 5.41) is 0. The van der Waals surface area contributed by atoms with Gasteiger partial charge in [0.2, 0.25) is 0 Å². The van der Waals surface area contributed by atoms with Gasteiger partial charge in [0.15, 0.2) is 17.4 Å². The van der Waals surface area contributed by atoms with E-state index in [2.05, 4.69) is 22.7 Å². The molecule has 0 saturated carbocycles. The van der Waals surface area contributed by atoms with Gasteiger partial charge in [0, 0.05) is 17.8 Å². The molecule has 0 bridgehead atoms. The average Bonchev–Trinajstić information content (AvgIpc) is 2.86. The topological polar surface area (TPSA) is 22.1 Å². The molecule has 0 radical (unpaired) electrons. The van der Waals surface area contributed by atoms with E-state index in [1.54, 1.807) is 12.1 Å². The number of alkyl halides is 2. The Balaban J connectivity index is 1.50. The minimum Gasteiger partial charge on any atom is -0.459 e. The van der Waals surface area contributed by atoms with Gasteiger partial charge in [-0.05, 0) is 52.4 Å². The van der Waals surface area contributed by atoms with Crippen LogP contribution in [0.15, 0.2) is 91.3 Å². The molecule has 2 nitrogen and oxygen atoms in total. The first kappa shape index (κ1) is 24.2. The van der Waals surface area contributed by atoms with Crippen molar-refractivity contribution in [2.45, 2.75) is 26.2 Å². The van der Waals surface area contributed by atoms with Crippen LogP contribution in [0, 0.1) is 11.6 Å². The number of halogens is 4. The summed E-state index contributed by atoms with van der Waals surface area (Å²) < 4.78 is 57.6. The van der Waals surface area contributed by atoms with E-state index >= 15 is 0 Å². The molecule has 4 aromatic rings. The largest absolute Gasteiger partial charge is 0.459 e. The normalized spacial score (nSPS) is 11.4. The van der Waals surface area contributed by atoms with Gasteiger partial charge in [-0.1, -0.05) is 67.9 Å². The quantitative estimate of drug-likeness (QED) is 0.188. The summed E-state index contributed by atoms with van der Waals surface area (Å²) in [5.41, 5.74) is 6.01. The molecule has 4 rings (SSSR count). The number of pyridine rings is 1. The Morgan fingerprint density at radius 1 is 0.771 bits per heavy atom. The lowest BCUT2D eigenvalue weighted by atomic mass is 9.98.